The van der Waals surface area contributed by atoms with Crippen LogP contribution in [0.2, 0.25) is 0 Å². The molecule has 0 aromatic carbocycles. The van der Waals surface area contributed by atoms with Crippen molar-refractivity contribution in [2.24, 2.45) is 28.7 Å². The quantitative estimate of drug-likeness (QED) is 0.270. The fraction of sp³-hybridized carbons (Fsp3) is 0.688. The van der Waals surface area contributed by atoms with Crippen LogP contribution in [0.15, 0.2) is 44.7 Å². The van der Waals surface area contributed by atoms with Crippen LogP contribution in [0.3, 0.4) is 0 Å². The molecule has 7 aliphatic rings. The number of allylic oxidation sites excluding steroid dienone is 4. The number of nitrogens with zero attached hydrogens (tertiary/aromatic N) is 3. The molecule has 4 unspecified atom stereocenters. The molecule has 0 N–H and O–H groups in total. The molecule has 2 aliphatic carbocycles. The summed E-state index contributed by atoms with van der Waals surface area (Å²) in [5.41, 5.74) is 4.25. The second-order valence-electron chi connectivity index (χ2n) is 11.6. The van der Waals surface area contributed by atoms with Crippen LogP contribution in [-0.2, 0) is 24.8 Å². The van der Waals surface area contributed by atoms with Gasteiger partial charge in [0, 0.05) is 41.1 Å². The number of ether oxygens (including phenoxy) is 1. The Hall–Kier alpha value is -0.941. The van der Waals surface area contributed by atoms with E-state index in [4.69, 9.17) is 14.2 Å². The summed E-state index contributed by atoms with van der Waals surface area (Å²) < 4.78 is 29.5. The van der Waals surface area contributed by atoms with Gasteiger partial charge in [0.15, 0.2) is 6.23 Å². The van der Waals surface area contributed by atoms with Crippen molar-refractivity contribution in [3.05, 3.63) is 62.8 Å². The van der Waals surface area contributed by atoms with E-state index in [0.29, 0.717) is 41.1 Å². The van der Waals surface area contributed by atoms with Crippen LogP contribution in [0.5, 0.6) is 0 Å². The molecule has 5 heterocycles. The molecule has 0 spiro atoms. The van der Waals surface area contributed by atoms with E-state index in [-0.39, 0.29) is 32.4 Å². The van der Waals surface area contributed by atoms with Crippen LogP contribution in [0.25, 0.3) is 10.6 Å². The maximum Gasteiger partial charge on any atom is 0.171 e. The summed E-state index contributed by atoms with van der Waals surface area (Å²) >= 11 is 2.01. The molecule has 6 heteroatoms. The molecule has 0 amide bonds. The predicted octanol–water partition coefficient (Wildman–Crippen LogP) is 8.45. The van der Waals surface area contributed by atoms with Crippen molar-refractivity contribution in [1.29, 1.82) is 0 Å². The molecule has 0 aromatic rings. The average molecular weight is 713 g/mol. The Balaban J connectivity index is 0.000000218. The first-order valence-corrected chi connectivity index (χ1v) is 15.5. The Morgan fingerprint density at radius 1 is 1.18 bits per heavy atom. The van der Waals surface area contributed by atoms with Gasteiger partial charge in [-0.25, -0.2) is 12.0 Å². The summed E-state index contributed by atoms with van der Waals surface area (Å²) in [5.74, 6) is 2.81. The molecule has 0 bridgehead atoms. The van der Waals surface area contributed by atoms with Gasteiger partial charge in [0.2, 0.25) is 0 Å². The van der Waals surface area contributed by atoms with E-state index in [2.05, 4.69) is 48.8 Å². The monoisotopic (exact) mass is 713 g/mol. The molecule has 38 heavy (non-hydrogen) atoms. The van der Waals surface area contributed by atoms with E-state index in [1.54, 1.807) is 0 Å². The number of hydrogen-bond acceptors (Lipinski definition) is 3. The number of aliphatic imine (C=N–C) groups is 1. The first kappa shape index (κ1) is 24.8. The molecule has 2 saturated heterocycles. The Morgan fingerprint density at radius 2 is 2.11 bits per heavy atom. The maximum atomic E-state index is 7.71. The van der Waals surface area contributed by atoms with Gasteiger partial charge in [-0.3, -0.25) is 11.1 Å². The molecule has 2 fully saturated rings. The summed E-state index contributed by atoms with van der Waals surface area (Å²) in [5, 5.41) is 10.2. The van der Waals surface area contributed by atoms with Crippen LogP contribution in [0, 0.1) is 36.2 Å². The summed E-state index contributed by atoms with van der Waals surface area (Å²) in [7, 11) is 0. The first-order valence-electron chi connectivity index (χ1n) is 16.1. The van der Waals surface area contributed by atoms with E-state index in [0.717, 1.165) is 44.5 Å². The van der Waals surface area contributed by atoms with Crippen molar-refractivity contribution in [2.45, 2.75) is 102 Å². The van der Waals surface area contributed by atoms with Crippen LogP contribution in [-0.4, -0.2) is 36.3 Å². The van der Waals surface area contributed by atoms with E-state index in [1.807, 2.05) is 11.8 Å². The van der Waals surface area contributed by atoms with Gasteiger partial charge < -0.3 is 21.1 Å². The zero-order valence-corrected chi connectivity index (χ0v) is 26.0. The van der Waals surface area contributed by atoms with Gasteiger partial charge in [-0.1, -0.05) is 58.4 Å². The van der Waals surface area contributed by atoms with E-state index >= 15 is 0 Å². The minimum Gasteiger partial charge on any atom is -0.770 e. The minimum absolute atomic E-state index is 0. The topological polar surface area (TPSA) is 49.8 Å². The van der Waals surface area contributed by atoms with Crippen LogP contribution in [0.4, 0.5) is 0 Å². The van der Waals surface area contributed by atoms with Crippen molar-refractivity contribution >= 4 is 17.5 Å². The number of thioether (sulfide) groups is 1. The molecule has 0 saturated carbocycles. The Labute approximate surface area is 252 Å². The van der Waals surface area contributed by atoms with E-state index < -0.39 is 6.85 Å². The van der Waals surface area contributed by atoms with Crippen molar-refractivity contribution in [3.63, 3.8) is 0 Å². The number of fused-ring (bicyclic) bond motifs is 4. The van der Waals surface area contributed by atoms with E-state index in [9.17, 15) is 0 Å². The SMILES string of the molecule is [2H]C([2H])([2H])C1=NC2OC3=C([C@@H]4[N-]CC=C5S[C@H](C)[C@H](C)C54)[CH-]CCC3C2CC1.[C-]1=C(C2=CCCC[N-]2)CCCC1.[Ir]. The fourth-order valence-electron chi connectivity index (χ4n) is 7.12. The first-order chi connectivity index (χ1) is 19.3. The summed E-state index contributed by atoms with van der Waals surface area (Å²) in [6.07, 6.45) is 21.1. The second-order valence-corrected chi connectivity index (χ2v) is 13.0. The number of hydrogen-bond donors (Lipinski definition) is 0. The molecule has 7 rings (SSSR count). The van der Waals surface area contributed by atoms with Crippen molar-refractivity contribution in [3.8, 4) is 0 Å². The molecular weight excluding hydrogens is 667 g/mol. The third-order valence-electron chi connectivity index (χ3n) is 9.29. The van der Waals surface area contributed by atoms with Crippen LogP contribution < -0.4 is 0 Å². The zero-order valence-electron chi connectivity index (χ0n) is 25.8. The molecule has 211 valence electrons. The molecule has 0 aromatic heterocycles. The van der Waals surface area contributed by atoms with E-state index in [1.165, 1.54) is 53.9 Å². The van der Waals surface area contributed by atoms with Crippen LogP contribution in [0.1, 0.15) is 89.0 Å². The van der Waals surface area contributed by atoms with Gasteiger partial charge in [0.1, 0.15) is 0 Å². The Kier molecular flexibility index (Phi) is 8.30. The molecule has 7 atom stereocenters. The van der Waals surface area contributed by atoms with Gasteiger partial charge in [-0.15, -0.1) is 43.7 Å². The largest absolute Gasteiger partial charge is 0.770 e. The Bertz CT molecular complexity index is 1110. The van der Waals surface area contributed by atoms with Crippen molar-refractivity contribution in [2.75, 3.05) is 13.1 Å². The molecule has 1 radical (unpaired) electrons. The van der Waals surface area contributed by atoms with Gasteiger partial charge in [-0.2, -0.15) is 11.6 Å². The second kappa shape index (κ2) is 12.7. The van der Waals surface area contributed by atoms with Crippen molar-refractivity contribution < 1.29 is 29.0 Å². The minimum atomic E-state index is -2.10. The molecule has 5 aliphatic heterocycles. The van der Waals surface area contributed by atoms with Crippen LogP contribution >= 0.6 is 11.8 Å². The normalized spacial score (nSPS) is 39.1. The van der Waals surface area contributed by atoms with Gasteiger partial charge in [0.25, 0.3) is 0 Å². The van der Waals surface area contributed by atoms with Crippen molar-refractivity contribution in [1.82, 2.24) is 0 Å². The molecular formula is C32H43IrN3OS-4. The fourth-order valence-corrected chi connectivity index (χ4v) is 8.61. The third kappa shape index (κ3) is 5.76. The summed E-state index contributed by atoms with van der Waals surface area (Å²) in [6, 6.07) is 0.177. The third-order valence-corrected chi connectivity index (χ3v) is 10.8. The predicted molar refractivity (Wildman–Crippen MR) is 155 cm³/mol. The standard InChI is InChI=1S/C21H28N2OS.C11H15N.Ir/c1-11-7-8-15-14-5-4-6-16(20(14)24-21(15)23-11)19-18-12(2)13(3)25-17(18)9-10-22-19;1-2-6-10(7-3-1)11-8-4-5-9-12-11;/h6,9,12-15,18-19,21H,4-5,7-8,10H2,1-3H3;8H,1-6,9H2;/q2*-2;/t12-,13+,14?,15?,18?,19-,21?;;/m0../s1/i1D3;;. The van der Waals surface area contributed by atoms with Gasteiger partial charge in [-0.05, 0) is 48.1 Å². The Morgan fingerprint density at radius 3 is 2.89 bits per heavy atom. The number of rotatable bonds is 2. The summed E-state index contributed by atoms with van der Waals surface area (Å²) in [6.45, 7) is 4.38. The smallest absolute Gasteiger partial charge is 0.171 e. The molecule has 4 nitrogen and oxygen atoms in total. The summed E-state index contributed by atoms with van der Waals surface area (Å²) in [4.78, 5) is 6.05. The van der Waals surface area contributed by atoms with Gasteiger partial charge in [0.05, 0.1) is 0 Å². The zero-order chi connectivity index (χ0) is 27.9. The van der Waals surface area contributed by atoms with Gasteiger partial charge >= 0.3 is 0 Å². The average Bonchev–Trinajstić information content (AvgIpc) is 3.50. The maximum absolute atomic E-state index is 7.71.